The molecule has 1 saturated heterocycles. The zero-order chi connectivity index (χ0) is 18.5. The normalized spacial score (nSPS) is 17.0. The number of nitrogens with zero attached hydrogens (tertiary/aromatic N) is 1. The molecule has 26 heavy (non-hydrogen) atoms. The van der Waals surface area contributed by atoms with Gasteiger partial charge >= 0.3 is 0 Å². The summed E-state index contributed by atoms with van der Waals surface area (Å²) in [6.45, 7) is 2.13. The highest BCUT2D eigenvalue weighted by Gasteiger charge is 2.29. The van der Waals surface area contributed by atoms with Gasteiger partial charge in [0.25, 0.3) is 0 Å². The van der Waals surface area contributed by atoms with Crippen molar-refractivity contribution in [3.8, 4) is 11.5 Å². The fourth-order valence-corrected chi connectivity index (χ4v) is 3.55. The molecular weight excluding hydrogens is 352 g/mol. The van der Waals surface area contributed by atoms with Gasteiger partial charge in [-0.05, 0) is 29.3 Å². The van der Waals surface area contributed by atoms with Crippen LogP contribution in [0.2, 0.25) is 5.02 Å². The molecule has 0 aliphatic carbocycles. The summed E-state index contributed by atoms with van der Waals surface area (Å²) in [5.41, 5.74) is 1.87. The minimum Gasteiger partial charge on any atom is -0.493 e. The topological polar surface area (TPSA) is 50.8 Å². The van der Waals surface area contributed by atoms with Crippen LogP contribution in [0.4, 0.5) is 0 Å². The average Bonchev–Trinajstić information content (AvgIpc) is 2.68. The van der Waals surface area contributed by atoms with Crippen LogP contribution in [-0.2, 0) is 11.2 Å². The maximum absolute atomic E-state index is 13.0. The third-order valence-electron chi connectivity index (χ3n) is 4.63. The van der Waals surface area contributed by atoms with Crippen LogP contribution in [0.1, 0.15) is 17.2 Å². The molecule has 0 saturated carbocycles. The second-order valence-corrected chi connectivity index (χ2v) is 6.60. The lowest BCUT2D eigenvalue weighted by Gasteiger charge is -2.37. The number of halogens is 1. The van der Waals surface area contributed by atoms with E-state index in [0.29, 0.717) is 36.0 Å². The SMILES string of the molecule is COc1ccc(CC(=O)N2CCNCC2c2ccccc2Cl)cc1OC. The molecule has 6 heteroatoms. The third-order valence-corrected chi connectivity index (χ3v) is 4.98. The van der Waals surface area contributed by atoms with Gasteiger partial charge < -0.3 is 19.7 Å². The zero-order valence-electron chi connectivity index (χ0n) is 15.0. The van der Waals surface area contributed by atoms with Crippen LogP contribution in [0.5, 0.6) is 11.5 Å². The van der Waals surface area contributed by atoms with Crippen molar-refractivity contribution in [2.45, 2.75) is 12.5 Å². The summed E-state index contributed by atoms with van der Waals surface area (Å²) in [6.07, 6.45) is 0.307. The maximum Gasteiger partial charge on any atom is 0.227 e. The number of piperazine rings is 1. The molecule has 0 spiro atoms. The first kappa shape index (κ1) is 18.5. The van der Waals surface area contributed by atoms with E-state index in [1.54, 1.807) is 14.2 Å². The van der Waals surface area contributed by atoms with Crippen molar-refractivity contribution in [2.75, 3.05) is 33.9 Å². The number of carbonyl (C=O) groups excluding carboxylic acids is 1. The van der Waals surface area contributed by atoms with E-state index in [1.165, 1.54) is 0 Å². The second kappa shape index (κ2) is 8.43. The Hall–Kier alpha value is -2.24. The van der Waals surface area contributed by atoms with E-state index < -0.39 is 0 Å². The van der Waals surface area contributed by atoms with Crippen LogP contribution in [0, 0.1) is 0 Å². The highest BCUT2D eigenvalue weighted by Crippen LogP contribution is 2.30. The number of benzene rings is 2. The number of hydrogen-bond donors (Lipinski definition) is 1. The van der Waals surface area contributed by atoms with Gasteiger partial charge in [-0.25, -0.2) is 0 Å². The molecule has 2 aromatic rings. The Morgan fingerprint density at radius 2 is 1.96 bits per heavy atom. The Labute approximate surface area is 158 Å². The fourth-order valence-electron chi connectivity index (χ4n) is 3.29. The maximum atomic E-state index is 13.0. The molecule has 0 bridgehead atoms. The predicted octanol–water partition coefficient (Wildman–Crippen LogP) is 3.07. The van der Waals surface area contributed by atoms with E-state index in [9.17, 15) is 4.79 Å². The number of ether oxygens (including phenoxy) is 2. The van der Waals surface area contributed by atoms with E-state index in [0.717, 1.165) is 17.7 Å². The van der Waals surface area contributed by atoms with Crippen molar-refractivity contribution < 1.29 is 14.3 Å². The molecule has 1 aliphatic rings. The zero-order valence-corrected chi connectivity index (χ0v) is 15.8. The third kappa shape index (κ3) is 3.94. The summed E-state index contributed by atoms with van der Waals surface area (Å²) >= 11 is 6.36. The lowest BCUT2D eigenvalue weighted by Crippen LogP contribution is -2.49. The van der Waals surface area contributed by atoms with Gasteiger partial charge in [0.1, 0.15) is 0 Å². The summed E-state index contributed by atoms with van der Waals surface area (Å²) in [5.74, 6) is 1.35. The first-order valence-corrected chi connectivity index (χ1v) is 8.97. The lowest BCUT2D eigenvalue weighted by molar-refractivity contribution is -0.133. The van der Waals surface area contributed by atoms with Gasteiger partial charge in [0.15, 0.2) is 11.5 Å². The summed E-state index contributed by atoms with van der Waals surface area (Å²) in [6, 6.07) is 13.2. The number of methoxy groups -OCH3 is 2. The van der Waals surface area contributed by atoms with Crippen molar-refractivity contribution in [2.24, 2.45) is 0 Å². The molecule has 5 nitrogen and oxygen atoms in total. The van der Waals surface area contributed by atoms with E-state index in [1.807, 2.05) is 47.4 Å². The summed E-state index contributed by atoms with van der Waals surface area (Å²) in [4.78, 5) is 14.9. The molecule has 1 fully saturated rings. The van der Waals surface area contributed by atoms with E-state index in [2.05, 4.69) is 5.32 Å². The molecule has 1 amide bonds. The average molecular weight is 375 g/mol. The Bertz CT molecular complexity index is 781. The lowest BCUT2D eigenvalue weighted by atomic mass is 10.0. The summed E-state index contributed by atoms with van der Waals surface area (Å²) in [5, 5.41) is 4.04. The van der Waals surface area contributed by atoms with Crippen LogP contribution in [0.25, 0.3) is 0 Å². The molecule has 0 radical (unpaired) electrons. The first-order chi connectivity index (χ1) is 12.6. The Morgan fingerprint density at radius 3 is 2.69 bits per heavy atom. The van der Waals surface area contributed by atoms with Crippen LogP contribution >= 0.6 is 11.6 Å². The Balaban J connectivity index is 1.80. The van der Waals surface area contributed by atoms with E-state index in [4.69, 9.17) is 21.1 Å². The minimum absolute atomic E-state index is 0.0647. The van der Waals surface area contributed by atoms with Gasteiger partial charge in [-0.3, -0.25) is 4.79 Å². The second-order valence-electron chi connectivity index (χ2n) is 6.19. The predicted molar refractivity (Wildman–Crippen MR) is 102 cm³/mol. The first-order valence-electron chi connectivity index (χ1n) is 8.59. The van der Waals surface area contributed by atoms with Crippen molar-refractivity contribution >= 4 is 17.5 Å². The molecule has 1 N–H and O–H groups in total. The standard InChI is InChI=1S/C20H23ClN2O3/c1-25-18-8-7-14(11-19(18)26-2)12-20(24)23-10-9-22-13-17(23)15-5-3-4-6-16(15)21/h3-8,11,17,22H,9-10,12-13H2,1-2H3. The van der Waals surface area contributed by atoms with Crippen molar-refractivity contribution in [3.63, 3.8) is 0 Å². The minimum atomic E-state index is -0.0647. The summed E-state index contributed by atoms with van der Waals surface area (Å²) < 4.78 is 10.6. The van der Waals surface area contributed by atoms with Gasteiger partial charge in [0.05, 0.1) is 26.7 Å². The number of amides is 1. The summed E-state index contributed by atoms with van der Waals surface area (Å²) in [7, 11) is 3.19. The molecule has 0 aromatic heterocycles. The van der Waals surface area contributed by atoms with Crippen LogP contribution in [0.3, 0.4) is 0 Å². The van der Waals surface area contributed by atoms with Crippen LogP contribution in [0.15, 0.2) is 42.5 Å². The number of nitrogens with one attached hydrogen (secondary N) is 1. The van der Waals surface area contributed by atoms with E-state index in [-0.39, 0.29) is 11.9 Å². The molecule has 1 aliphatic heterocycles. The van der Waals surface area contributed by atoms with E-state index >= 15 is 0 Å². The smallest absolute Gasteiger partial charge is 0.227 e. The number of carbonyl (C=O) groups is 1. The Morgan fingerprint density at radius 1 is 1.19 bits per heavy atom. The van der Waals surface area contributed by atoms with Crippen LogP contribution in [-0.4, -0.2) is 44.7 Å². The quantitative estimate of drug-likeness (QED) is 0.873. The number of hydrogen-bond acceptors (Lipinski definition) is 4. The molecule has 1 unspecified atom stereocenters. The highest BCUT2D eigenvalue weighted by molar-refractivity contribution is 6.31. The largest absolute Gasteiger partial charge is 0.493 e. The molecule has 2 aromatic carbocycles. The van der Waals surface area contributed by atoms with Gasteiger partial charge in [0, 0.05) is 24.7 Å². The van der Waals surface area contributed by atoms with Crippen molar-refractivity contribution in [3.05, 3.63) is 58.6 Å². The monoisotopic (exact) mass is 374 g/mol. The van der Waals surface area contributed by atoms with Gasteiger partial charge in [0.2, 0.25) is 5.91 Å². The Kier molecular flexibility index (Phi) is 6.01. The molecule has 3 rings (SSSR count). The highest BCUT2D eigenvalue weighted by atomic mass is 35.5. The molecule has 1 heterocycles. The van der Waals surface area contributed by atoms with Gasteiger partial charge in [-0.2, -0.15) is 0 Å². The fraction of sp³-hybridized carbons (Fsp3) is 0.350. The van der Waals surface area contributed by atoms with Gasteiger partial charge in [-0.15, -0.1) is 0 Å². The van der Waals surface area contributed by atoms with Crippen molar-refractivity contribution in [1.29, 1.82) is 0 Å². The molecule has 1 atom stereocenters. The number of rotatable bonds is 5. The molecular formula is C20H23ClN2O3. The molecule has 138 valence electrons. The van der Waals surface area contributed by atoms with Crippen molar-refractivity contribution in [1.82, 2.24) is 10.2 Å². The van der Waals surface area contributed by atoms with Gasteiger partial charge in [-0.1, -0.05) is 35.9 Å². The van der Waals surface area contributed by atoms with Crippen LogP contribution < -0.4 is 14.8 Å².